The Bertz CT molecular complexity index is 1070. The molecule has 25 heavy (non-hydrogen) atoms. The molecule has 0 unspecified atom stereocenters. The third-order valence-corrected chi connectivity index (χ3v) is 4.30. The molecule has 3 rings (SSSR count). The van der Waals surface area contributed by atoms with Gasteiger partial charge < -0.3 is 5.11 Å². The van der Waals surface area contributed by atoms with Crippen molar-refractivity contribution in [1.29, 1.82) is 0 Å². The van der Waals surface area contributed by atoms with Gasteiger partial charge in [-0.2, -0.15) is 5.10 Å². The van der Waals surface area contributed by atoms with Crippen LogP contribution in [0, 0.1) is 0 Å². The van der Waals surface area contributed by atoms with Gasteiger partial charge in [0.2, 0.25) is 11.0 Å². The van der Waals surface area contributed by atoms with E-state index in [-0.39, 0.29) is 15.7 Å². The van der Waals surface area contributed by atoms with Crippen molar-refractivity contribution in [2.75, 3.05) is 5.43 Å². The number of nitrogens with zero attached hydrogens (tertiary/aromatic N) is 3. The summed E-state index contributed by atoms with van der Waals surface area (Å²) < 4.78 is 0. The molecule has 128 valence electrons. The summed E-state index contributed by atoms with van der Waals surface area (Å²) in [5, 5.41) is 22.6. The van der Waals surface area contributed by atoms with Gasteiger partial charge in [0.25, 0.3) is 5.56 Å². The molecular formula is C13H8Cl2N6O3S. The van der Waals surface area contributed by atoms with Crippen molar-refractivity contribution >= 4 is 45.9 Å². The van der Waals surface area contributed by atoms with E-state index >= 15 is 0 Å². The molecule has 0 amide bonds. The van der Waals surface area contributed by atoms with E-state index in [0.717, 1.165) is 11.3 Å². The number of halogens is 2. The molecule has 0 aliphatic heterocycles. The molecule has 9 nitrogen and oxygen atoms in total. The van der Waals surface area contributed by atoms with Crippen LogP contribution in [0.25, 0.3) is 10.6 Å². The minimum Gasteiger partial charge on any atom is -0.494 e. The minimum absolute atomic E-state index is 0.109. The van der Waals surface area contributed by atoms with E-state index in [2.05, 4.69) is 25.7 Å². The predicted molar refractivity (Wildman–Crippen MR) is 95.9 cm³/mol. The van der Waals surface area contributed by atoms with Crippen molar-refractivity contribution < 1.29 is 5.11 Å². The van der Waals surface area contributed by atoms with Gasteiger partial charge >= 0.3 is 5.69 Å². The van der Waals surface area contributed by atoms with Crippen molar-refractivity contribution in [3.05, 3.63) is 54.6 Å². The highest BCUT2D eigenvalue weighted by Crippen LogP contribution is 2.28. The summed E-state index contributed by atoms with van der Waals surface area (Å²) in [6.45, 7) is 0. The van der Waals surface area contributed by atoms with Gasteiger partial charge in [0.15, 0.2) is 5.01 Å². The van der Waals surface area contributed by atoms with E-state index in [1.165, 1.54) is 6.21 Å². The number of hydrogen-bond acceptors (Lipinski definition) is 8. The second-order valence-corrected chi connectivity index (χ2v) is 6.40. The predicted octanol–water partition coefficient (Wildman–Crippen LogP) is 2.04. The second kappa shape index (κ2) is 7.05. The van der Waals surface area contributed by atoms with Gasteiger partial charge in [-0.15, -0.1) is 10.2 Å². The Morgan fingerprint density at radius 3 is 2.76 bits per heavy atom. The molecule has 0 radical (unpaired) electrons. The Kier molecular flexibility index (Phi) is 4.83. The number of nitrogens with one attached hydrogen (secondary N) is 3. The van der Waals surface area contributed by atoms with Crippen molar-refractivity contribution in [2.24, 2.45) is 5.10 Å². The van der Waals surface area contributed by atoms with Crippen LogP contribution >= 0.6 is 34.5 Å². The normalized spacial score (nSPS) is 11.1. The number of aromatic hydroxyl groups is 1. The summed E-state index contributed by atoms with van der Waals surface area (Å²) >= 11 is 12.8. The number of H-pyrrole nitrogens is 2. The summed E-state index contributed by atoms with van der Waals surface area (Å²) in [5.41, 5.74) is 1.49. The van der Waals surface area contributed by atoms with Crippen molar-refractivity contribution in [3.63, 3.8) is 0 Å². The number of anilines is 1. The van der Waals surface area contributed by atoms with Crippen LogP contribution in [0.2, 0.25) is 10.0 Å². The molecule has 2 heterocycles. The Labute approximate surface area is 153 Å². The third-order valence-electron chi connectivity index (χ3n) is 2.89. The number of benzene rings is 1. The molecule has 0 saturated heterocycles. The first-order chi connectivity index (χ1) is 11.9. The molecule has 0 aliphatic carbocycles. The maximum Gasteiger partial charge on any atom is 0.328 e. The molecule has 0 aliphatic rings. The zero-order chi connectivity index (χ0) is 18.0. The standard InChI is InChI=1S/C13H8Cl2N6O3S/c14-6-2-1-5(7(15)3-6)4-16-20-13-21-19-11(25-13)8-9(22)17-12(24)18-10(8)23/h1-4H,(H,20,21)(H3,17,18,22,23,24)/b16-4+. The van der Waals surface area contributed by atoms with Crippen LogP contribution < -0.4 is 16.7 Å². The average Bonchev–Trinajstić information content (AvgIpc) is 2.97. The van der Waals surface area contributed by atoms with Gasteiger partial charge in [0.05, 0.1) is 11.2 Å². The lowest BCUT2D eigenvalue weighted by Gasteiger charge is -1.98. The Morgan fingerprint density at radius 2 is 2.04 bits per heavy atom. The van der Waals surface area contributed by atoms with E-state index in [9.17, 15) is 14.7 Å². The summed E-state index contributed by atoms with van der Waals surface area (Å²) in [6, 6.07) is 4.95. The fraction of sp³-hybridized carbons (Fsp3) is 0. The summed E-state index contributed by atoms with van der Waals surface area (Å²) in [5.74, 6) is -0.590. The number of hydrogen-bond donors (Lipinski definition) is 4. The Hall–Kier alpha value is -2.69. The first kappa shape index (κ1) is 17.1. The van der Waals surface area contributed by atoms with Gasteiger partial charge in [-0.1, -0.05) is 40.6 Å². The van der Waals surface area contributed by atoms with Crippen LogP contribution in [-0.2, 0) is 0 Å². The highest BCUT2D eigenvalue weighted by Gasteiger charge is 2.16. The molecule has 0 spiro atoms. The maximum absolute atomic E-state index is 11.8. The Morgan fingerprint density at radius 1 is 1.24 bits per heavy atom. The number of aromatic amines is 2. The first-order valence-corrected chi connectivity index (χ1v) is 8.15. The summed E-state index contributed by atoms with van der Waals surface area (Å²) in [7, 11) is 0. The monoisotopic (exact) mass is 398 g/mol. The number of aromatic nitrogens is 4. The lowest BCUT2D eigenvalue weighted by molar-refractivity contribution is 0.451. The molecule has 3 aromatic rings. The third kappa shape index (κ3) is 3.87. The van der Waals surface area contributed by atoms with E-state index in [1.807, 2.05) is 4.98 Å². The number of hydrazone groups is 1. The van der Waals surface area contributed by atoms with Gasteiger partial charge in [-0.25, -0.2) is 4.79 Å². The molecule has 4 N–H and O–H groups in total. The van der Waals surface area contributed by atoms with Crippen LogP contribution in [0.15, 0.2) is 32.9 Å². The highest BCUT2D eigenvalue weighted by atomic mass is 35.5. The van der Waals surface area contributed by atoms with Crippen LogP contribution in [0.5, 0.6) is 5.88 Å². The summed E-state index contributed by atoms with van der Waals surface area (Å²) in [6.07, 6.45) is 1.46. The van der Waals surface area contributed by atoms with Gasteiger partial charge in [0.1, 0.15) is 5.56 Å². The van der Waals surface area contributed by atoms with Crippen LogP contribution in [0.3, 0.4) is 0 Å². The highest BCUT2D eigenvalue weighted by molar-refractivity contribution is 7.18. The second-order valence-electron chi connectivity index (χ2n) is 4.58. The maximum atomic E-state index is 11.8. The molecule has 0 atom stereocenters. The van der Waals surface area contributed by atoms with E-state index in [4.69, 9.17) is 23.2 Å². The zero-order valence-electron chi connectivity index (χ0n) is 12.1. The molecule has 1 aromatic carbocycles. The minimum atomic E-state index is -0.821. The molecule has 0 fully saturated rings. The molecule has 12 heteroatoms. The van der Waals surface area contributed by atoms with Crippen molar-refractivity contribution in [1.82, 2.24) is 20.2 Å². The summed E-state index contributed by atoms with van der Waals surface area (Å²) in [4.78, 5) is 26.9. The quantitative estimate of drug-likeness (QED) is 0.392. The smallest absolute Gasteiger partial charge is 0.328 e. The van der Waals surface area contributed by atoms with Crippen LogP contribution in [0.4, 0.5) is 5.13 Å². The average molecular weight is 399 g/mol. The van der Waals surface area contributed by atoms with Gasteiger partial charge in [-0.3, -0.25) is 20.2 Å². The lowest BCUT2D eigenvalue weighted by atomic mass is 10.2. The fourth-order valence-electron chi connectivity index (χ4n) is 1.81. The fourth-order valence-corrected chi connectivity index (χ4v) is 3.00. The molecule has 2 aromatic heterocycles. The van der Waals surface area contributed by atoms with E-state index in [1.54, 1.807) is 18.2 Å². The van der Waals surface area contributed by atoms with Crippen molar-refractivity contribution in [3.8, 4) is 16.5 Å². The lowest BCUT2D eigenvalue weighted by Crippen LogP contribution is -2.23. The topological polar surface area (TPSA) is 136 Å². The largest absolute Gasteiger partial charge is 0.494 e. The molecule has 0 bridgehead atoms. The number of rotatable bonds is 4. The van der Waals surface area contributed by atoms with Gasteiger partial charge in [-0.05, 0) is 12.1 Å². The van der Waals surface area contributed by atoms with Crippen LogP contribution in [0.1, 0.15) is 5.56 Å². The van der Waals surface area contributed by atoms with E-state index < -0.39 is 17.1 Å². The molecular weight excluding hydrogens is 391 g/mol. The SMILES string of the molecule is O=c1[nH]c(O)c(-c2nnc(N/N=C/c3ccc(Cl)cc3Cl)s2)c(=O)[nH]1. The molecule has 0 saturated carbocycles. The zero-order valence-corrected chi connectivity index (χ0v) is 14.4. The van der Waals surface area contributed by atoms with Crippen molar-refractivity contribution in [2.45, 2.75) is 0 Å². The van der Waals surface area contributed by atoms with Gasteiger partial charge in [0, 0.05) is 10.6 Å². The van der Waals surface area contributed by atoms with Crippen LogP contribution in [-0.4, -0.2) is 31.5 Å². The first-order valence-electron chi connectivity index (χ1n) is 6.57. The van der Waals surface area contributed by atoms with E-state index in [0.29, 0.717) is 15.6 Å². The Balaban J connectivity index is 1.80.